The lowest BCUT2D eigenvalue weighted by molar-refractivity contribution is -0.142. The third-order valence-corrected chi connectivity index (χ3v) is 6.25. The maximum absolute atomic E-state index is 13.3. The maximum atomic E-state index is 13.3. The van der Waals surface area contributed by atoms with Crippen LogP contribution in [0.4, 0.5) is 5.82 Å². The van der Waals surface area contributed by atoms with Gasteiger partial charge in [0.15, 0.2) is 5.82 Å². The van der Waals surface area contributed by atoms with Crippen LogP contribution in [0.25, 0.3) is 0 Å². The molecule has 0 unspecified atom stereocenters. The number of rotatable bonds is 3. The summed E-state index contributed by atoms with van der Waals surface area (Å²) in [5, 5.41) is 14.4. The Morgan fingerprint density at radius 1 is 1.18 bits per heavy atom. The number of aromatic nitrogens is 2. The number of fused-ring (bicyclic) bond motifs is 1. The van der Waals surface area contributed by atoms with Crippen LogP contribution in [0.1, 0.15) is 52.9 Å². The first kappa shape index (κ1) is 19.0. The Morgan fingerprint density at radius 2 is 1.89 bits per heavy atom. The fraction of sp³-hybridized carbons (Fsp3) is 0.476. The van der Waals surface area contributed by atoms with E-state index in [0.29, 0.717) is 36.5 Å². The number of halogens is 1. The smallest absolute Gasteiger partial charge is 0.306 e. The zero-order valence-electron chi connectivity index (χ0n) is 15.9. The summed E-state index contributed by atoms with van der Waals surface area (Å²) in [4.78, 5) is 26.7. The number of benzene rings is 1. The number of carboxylic acid groups (broad SMARTS) is 1. The summed E-state index contributed by atoms with van der Waals surface area (Å²) < 4.78 is 1.54. The number of piperidine rings is 1. The van der Waals surface area contributed by atoms with Gasteiger partial charge in [0.2, 0.25) is 0 Å². The standard InChI is InChI=1S/C21H24ClN3O3/c1-13-5-4-7-16(22)18(13)20(26)25-17-8-3-2-6-15(17)19(23-25)24-11-9-14(10-12-24)21(27)28/h4-5,7,14H,2-3,6,8-12H2,1H3,(H,27,28). The van der Waals surface area contributed by atoms with Gasteiger partial charge in [-0.1, -0.05) is 23.7 Å². The van der Waals surface area contributed by atoms with Gasteiger partial charge in [0.05, 0.1) is 22.2 Å². The molecule has 1 aromatic carbocycles. The molecule has 1 N–H and O–H groups in total. The van der Waals surface area contributed by atoms with Crippen molar-refractivity contribution in [2.45, 2.75) is 45.4 Å². The predicted octanol–water partition coefficient (Wildman–Crippen LogP) is 3.71. The molecule has 1 aliphatic heterocycles. The molecule has 2 aromatic rings. The molecule has 28 heavy (non-hydrogen) atoms. The second-order valence-corrected chi connectivity index (χ2v) is 8.11. The van der Waals surface area contributed by atoms with Crippen molar-refractivity contribution in [3.8, 4) is 0 Å². The molecular formula is C21H24ClN3O3. The van der Waals surface area contributed by atoms with E-state index in [2.05, 4.69) is 4.90 Å². The summed E-state index contributed by atoms with van der Waals surface area (Å²) in [7, 11) is 0. The van der Waals surface area contributed by atoms with Gasteiger partial charge in [-0.2, -0.15) is 4.68 Å². The topological polar surface area (TPSA) is 75.4 Å². The van der Waals surface area contributed by atoms with Gasteiger partial charge in [0, 0.05) is 18.7 Å². The van der Waals surface area contributed by atoms with E-state index in [4.69, 9.17) is 16.7 Å². The van der Waals surface area contributed by atoms with Crippen LogP contribution in [0.2, 0.25) is 5.02 Å². The van der Waals surface area contributed by atoms with E-state index in [1.165, 1.54) is 0 Å². The summed E-state index contributed by atoms with van der Waals surface area (Å²) in [6.07, 6.45) is 5.05. The molecular weight excluding hydrogens is 378 g/mol. The lowest BCUT2D eigenvalue weighted by Crippen LogP contribution is -2.37. The van der Waals surface area contributed by atoms with Crippen LogP contribution in [-0.2, 0) is 17.6 Å². The number of hydrogen-bond donors (Lipinski definition) is 1. The van der Waals surface area contributed by atoms with Crippen molar-refractivity contribution >= 4 is 29.3 Å². The highest BCUT2D eigenvalue weighted by atomic mass is 35.5. The second kappa shape index (κ2) is 7.59. The molecule has 1 fully saturated rings. The molecule has 2 aliphatic rings. The van der Waals surface area contributed by atoms with Gasteiger partial charge in [-0.05, 0) is 57.1 Å². The summed E-state index contributed by atoms with van der Waals surface area (Å²) in [5.74, 6) is -0.359. The van der Waals surface area contributed by atoms with E-state index in [9.17, 15) is 14.7 Å². The summed E-state index contributed by atoms with van der Waals surface area (Å²) >= 11 is 6.33. The average molecular weight is 402 g/mol. The highest BCUT2D eigenvalue weighted by Gasteiger charge is 2.31. The van der Waals surface area contributed by atoms with Gasteiger partial charge in [0.25, 0.3) is 5.91 Å². The summed E-state index contributed by atoms with van der Waals surface area (Å²) in [6.45, 7) is 3.19. The van der Waals surface area contributed by atoms with Crippen LogP contribution >= 0.6 is 11.6 Å². The van der Waals surface area contributed by atoms with Gasteiger partial charge in [-0.3, -0.25) is 9.59 Å². The van der Waals surface area contributed by atoms with Crippen LogP contribution in [-0.4, -0.2) is 39.9 Å². The molecule has 0 saturated carbocycles. The van der Waals surface area contributed by atoms with Gasteiger partial charge in [-0.25, -0.2) is 0 Å². The fourth-order valence-corrected chi connectivity index (χ4v) is 4.65. The Bertz CT molecular complexity index is 909. The third-order valence-electron chi connectivity index (χ3n) is 5.93. The minimum absolute atomic E-state index is 0.187. The summed E-state index contributed by atoms with van der Waals surface area (Å²) in [5.41, 5.74) is 3.45. The highest BCUT2D eigenvalue weighted by molar-refractivity contribution is 6.34. The molecule has 7 heteroatoms. The van der Waals surface area contributed by atoms with Crippen molar-refractivity contribution in [1.29, 1.82) is 0 Å². The number of carboxylic acids is 1. The van der Waals surface area contributed by atoms with Crippen LogP contribution < -0.4 is 4.90 Å². The molecule has 148 valence electrons. The zero-order valence-corrected chi connectivity index (χ0v) is 16.7. The SMILES string of the molecule is Cc1cccc(Cl)c1C(=O)n1nc(N2CCC(C(=O)O)CC2)c2c1CCCC2. The average Bonchev–Trinajstić information content (AvgIpc) is 3.07. The number of anilines is 1. The van der Waals surface area contributed by atoms with Crippen LogP contribution in [0.15, 0.2) is 18.2 Å². The first-order chi connectivity index (χ1) is 13.5. The highest BCUT2D eigenvalue weighted by Crippen LogP contribution is 2.33. The first-order valence-corrected chi connectivity index (χ1v) is 10.2. The van der Waals surface area contributed by atoms with Crippen molar-refractivity contribution in [3.05, 3.63) is 45.6 Å². The summed E-state index contributed by atoms with van der Waals surface area (Å²) in [6, 6.07) is 5.45. The van der Waals surface area contributed by atoms with E-state index in [-0.39, 0.29) is 11.8 Å². The third kappa shape index (κ3) is 3.30. The normalized spacial score (nSPS) is 17.4. The number of carbonyl (C=O) groups is 2. The van der Waals surface area contributed by atoms with Crippen molar-refractivity contribution in [2.24, 2.45) is 5.92 Å². The molecule has 2 heterocycles. The lowest BCUT2D eigenvalue weighted by Gasteiger charge is -2.31. The molecule has 0 amide bonds. The minimum atomic E-state index is -0.725. The van der Waals surface area contributed by atoms with E-state index in [1.54, 1.807) is 10.7 Å². The molecule has 0 radical (unpaired) electrons. The van der Waals surface area contributed by atoms with Gasteiger partial charge in [0.1, 0.15) is 0 Å². The molecule has 1 saturated heterocycles. The predicted molar refractivity (Wildman–Crippen MR) is 107 cm³/mol. The number of nitrogens with zero attached hydrogens (tertiary/aromatic N) is 3. The lowest BCUT2D eigenvalue weighted by atomic mass is 9.94. The van der Waals surface area contributed by atoms with Crippen molar-refractivity contribution < 1.29 is 14.7 Å². The molecule has 0 bridgehead atoms. The number of aryl methyl sites for hydroxylation is 1. The molecule has 1 aliphatic carbocycles. The molecule has 4 rings (SSSR count). The zero-order chi connectivity index (χ0) is 19.8. The number of hydrogen-bond acceptors (Lipinski definition) is 4. The van der Waals surface area contributed by atoms with E-state index >= 15 is 0 Å². The van der Waals surface area contributed by atoms with E-state index in [0.717, 1.165) is 48.3 Å². The van der Waals surface area contributed by atoms with Crippen LogP contribution in [0.3, 0.4) is 0 Å². The fourth-order valence-electron chi connectivity index (χ4n) is 4.35. The van der Waals surface area contributed by atoms with Crippen LogP contribution in [0, 0.1) is 12.8 Å². The van der Waals surface area contributed by atoms with Crippen molar-refractivity contribution in [1.82, 2.24) is 9.78 Å². The second-order valence-electron chi connectivity index (χ2n) is 7.70. The number of carbonyl (C=O) groups excluding carboxylic acids is 1. The van der Waals surface area contributed by atoms with E-state index in [1.807, 2.05) is 19.1 Å². The Balaban J connectivity index is 1.70. The Hall–Kier alpha value is -2.34. The Kier molecular flexibility index (Phi) is 5.15. The first-order valence-electron chi connectivity index (χ1n) is 9.85. The number of aliphatic carboxylic acids is 1. The quantitative estimate of drug-likeness (QED) is 0.848. The van der Waals surface area contributed by atoms with Crippen molar-refractivity contribution in [2.75, 3.05) is 18.0 Å². The van der Waals surface area contributed by atoms with Gasteiger partial charge in [-0.15, -0.1) is 5.10 Å². The van der Waals surface area contributed by atoms with Gasteiger partial charge < -0.3 is 10.0 Å². The largest absolute Gasteiger partial charge is 0.481 e. The van der Waals surface area contributed by atoms with Gasteiger partial charge >= 0.3 is 5.97 Å². The minimum Gasteiger partial charge on any atom is -0.481 e. The monoisotopic (exact) mass is 401 g/mol. The van der Waals surface area contributed by atoms with Crippen molar-refractivity contribution in [3.63, 3.8) is 0 Å². The molecule has 0 spiro atoms. The van der Waals surface area contributed by atoms with E-state index < -0.39 is 5.97 Å². The molecule has 6 nitrogen and oxygen atoms in total. The Labute approximate surface area is 169 Å². The van der Waals surface area contributed by atoms with Crippen LogP contribution in [0.5, 0.6) is 0 Å². The molecule has 0 atom stereocenters. The molecule has 1 aromatic heterocycles. The Morgan fingerprint density at radius 3 is 2.57 bits per heavy atom. The maximum Gasteiger partial charge on any atom is 0.306 e.